The number of aromatic nitrogens is 1. The molecule has 3 N–H and O–H groups in total. The van der Waals surface area contributed by atoms with E-state index < -0.39 is 0 Å². The van der Waals surface area contributed by atoms with Crippen molar-refractivity contribution in [2.24, 2.45) is 0 Å². The minimum absolute atomic E-state index is 0.116. The molecule has 0 bridgehead atoms. The van der Waals surface area contributed by atoms with Crippen LogP contribution >= 0.6 is 11.3 Å². The fourth-order valence-electron chi connectivity index (χ4n) is 1.30. The Morgan fingerprint density at radius 1 is 1.79 bits per heavy atom. The first-order chi connectivity index (χ1) is 6.75. The summed E-state index contributed by atoms with van der Waals surface area (Å²) in [4.78, 5) is 15.4. The maximum Gasteiger partial charge on any atom is 0.271 e. The maximum atomic E-state index is 11.5. The lowest BCUT2D eigenvalue weighted by molar-refractivity contribution is 0.0925. The van der Waals surface area contributed by atoms with Crippen molar-refractivity contribution in [1.82, 2.24) is 10.3 Å². The summed E-state index contributed by atoms with van der Waals surface area (Å²) in [5.41, 5.74) is 5.82. The van der Waals surface area contributed by atoms with Gasteiger partial charge in [-0.1, -0.05) is 0 Å². The lowest BCUT2D eigenvalue weighted by Gasteiger charge is -2.08. The van der Waals surface area contributed by atoms with Crippen LogP contribution in [0.1, 0.15) is 16.9 Å². The van der Waals surface area contributed by atoms with Crippen molar-refractivity contribution < 1.29 is 9.53 Å². The third-order valence-electron chi connectivity index (χ3n) is 2.02. The first-order valence-electron chi connectivity index (χ1n) is 4.35. The van der Waals surface area contributed by atoms with Crippen LogP contribution in [0, 0.1) is 0 Å². The second-order valence-corrected chi connectivity index (χ2v) is 3.99. The van der Waals surface area contributed by atoms with Crippen molar-refractivity contribution in [3.8, 4) is 0 Å². The van der Waals surface area contributed by atoms with Crippen LogP contribution < -0.4 is 11.1 Å². The van der Waals surface area contributed by atoms with Crippen molar-refractivity contribution >= 4 is 22.4 Å². The maximum absolute atomic E-state index is 11.5. The molecule has 76 valence electrons. The molecule has 1 saturated heterocycles. The summed E-state index contributed by atoms with van der Waals surface area (Å²) in [7, 11) is 0. The van der Waals surface area contributed by atoms with Crippen molar-refractivity contribution in [1.29, 1.82) is 0 Å². The minimum atomic E-state index is -0.173. The Bertz CT molecular complexity index is 333. The van der Waals surface area contributed by atoms with Crippen LogP contribution in [0.3, 0.4) is 0 Å². The van der Waals surface area contributed by atoms with Crippen molar-refractivity contribution in [2.75, 3.05) is 18.9 Å². The first-order valence-corrected chi connectivity index (χ1v) is 5.23. The summed E-state index contributed by atoms with van der Waals surface area (Å²) in [6.45, 7) is 1.30. The quantitative estimate of drug-likeness (QED) is 0.738. The van der Waals surface area contributed by atoms with E-state index in [1.54, 1.807) is 5.38 Å². The number of anilines is 1. The number of nitrogens with zero attached hydrogens (tertiary/aromatic N) is 1. The van der Waals surface area contributed by atoms with Gasteiger partial charge in [0.2, 0.25) is 0 Å². The number of thiazole rings is 1. The molecular weight excluding hydrogens is 202 g/mol. The second-order valence-electron chi connectivity index (χ2n) is 3.10. The molecule has 1 aromatic heterocycles. The van der Waals surface area contributed by atoms with E-state index in [-0.39, 0.29) is 11.9 Å². The number of carbonyl (C=O) groups excluding carboxylic acids is 1. The Kier molecular flexibility index (Phi) is 2.64. The largest absolute Gasteiger partial charge is 0.379 e. The van der Waals surface area contributed by atoms with Crippen LogP contribution in [0.15, 0.2) is 5.38 Å². The highest BCUT2D eigenvalue weighted by Gasteiger charge is 2.19. The molecule has 0 radical (unpaired) electrons. The summed E-state index contributed by atoms with van der Waals surface area (Å²) < 4.78 is 5.14. The van der Waals surface area contributed by atoms with E-state index in [1.165, 1.54) is 11.3 Å². The summed E-state index contributed by atoms with van der Waals surface area (Å²) >= 11 is 1.27. The van der Waals surface area contributed by atoms with Crippen LogP contribution in [0.4, 0.5) is 5.13 Å². The van der Waals surface area contributed by atoms with E-state index >= 15 is 0 Å². The Balaban J connectivity index is 1.95. The normalized spacial score (nSPS) is 21.0. The van der Waals surface area contributed by atoms with Gasteiger partial charge in [-0.2, -0.15) is 0 Å². The van der Waals surface area contributed by atoms with Gasteiger partial charge in [0.25, 0.3) is 5.91 Å². The average Bonchev–Trinajstić information content (AvgIpc) is 2.75. The van der Waals surface area contributed by atoms with E-state index in [0.717, 1.165) is 6.42 Å². The van der Waals surface area contributed by atoms with E-state index in [4.69, 9.17) is 10.5 Å². The monoisotopic (exact) mass is 213 g/mol. The van der Waals surface area contributed by atoms with E-state index in [0.29, 0.717) is 24.0 Å². The molecule has 0 aliphatic carbocycles. The number of carbonyl (C=O) groups is 1. The zero-order chi connectivity index (χ0) is 9.97. The molecule has 2 heterocycles. The molecule has 1 amide bonds. The van der Waals surface area contributed by atoms with Crippen LogP contribution in [-0.4, -0.2) is 30.1 Å². The Hall–Kier alpha value is -1.14. The highest BCUT2D eigenvalue weighted by molar-refractivity contribution is 7.13. The molecule has 1 unspecified atom stereocenters. The zero-order valence-electron chi connectivity index (χ0n) is 7.53. The SMILES string of the molecule is Nc1nc(C(=O)NC2CCOC2)cs1. The standard InChI is InChI=1S/C8H11N3O2S/c9-8-11-6(4-14-8)7(12)10-5-1-2-13-3-5/h4-5H,1-3H2,(H2,9,11)(H,10,12). The number of rotatable bonds is 2. The third kappa shape index (κ3) is 2.02. The third-order valence-corrected chi connectivity index (χ3v) is 2.69. The number of ether oxygens (including phenoxy) is 1. The molecule has 1 atom stereocenters. The number of hydrogen-bond acceptors (Lipinski definition) is 5. The Morgan fingerprint density at radius 2 is 2.64 bits per heavy atom. The molecule has 0 spiro atoms. The van der Waals surface area contributed by atoms with Gasteiger partial charge in [-0.15, -0.1) is 11.3 Å². The highest BCUT2D eigenvalue weighted by Crippen LogP contribution is 2.11. The van der Waals surface area contributed by atoms with Crippen LogP contribution in [0.2, 0.25) is 0 Å². The number of hydrogen-bond donors (Lipinski definition) is 2. The molecule has 0 aromatic carbocycles. The summed E-state index contributed by atoms with van der Waals surface area (Å²) in [5, 5.41) is 4.90. The molecule has 5 nitrogen and oxygen atoms in total. The molecule has 1 aliphatic heterocycles. The van der Waals surface area contributed by atoms with E-state index in [9.17, 15) is 4.79 Å². The van der Waals surface area contributed by atoms with Crippen LogP contribution in [0.25, 0.3) is 0 Å². The molecular formula is C8H11N3O2S. The smallest absolute Gasteiger partial charge is 0.271 e. The first kappa shape index (κ1) is 9.42. The van der Waals surface area contributed by atoms with Crippen molar-refractivity contribution in [2.45, 2.75) is 12.5 Å². The predicted molar refractivity (Wildman–Crippen MR) is 53.2 cm³/mol. The van der Waals surface area contributed by atoms with Gasteiger partial charge in [-0.3, -0.25) is 4.79 Å². The number of nitrogens with two attached hydrogens (primary N) is 1. The lowest BCUT2D eigenvalue weighted by Crippen LogP contribution is -2.35. The second kappa shape index (κ2) is 3.93. The van der Waals surface area contributed by atoms with Gasteiger partial charge < -0.3 is 15.8 Å². The zero-order valence-corrected chi connectivity index (χ0v) is 8.34. The van der Waals surface area contributed by atoms with Crippen molar-refractivity contribution in [3.05, 3.63) is 11.1 Å². The van der Waals surface area contributed by atoms with Gasteiger partial charge in [-0.25, -0.2) is 4.98 Å². The summed E-state index contributed by atoms with van der Waals surface area (Å²) in [6.07, 6.45) is 0.866. The fraction of sp³-hybridized carbons (Fsp3) is 0.500. The predicted octanol–water partition coefficient (Wildman–Crippen LogP) is 0.244. The Morgan fingerprint density at radius 3 is 3.21 bits per heavy atom. The molecule has 0 saturated carbocycles. The fourth-order valence-corrected chi connectivity index (χ4v) is 1.84. The van der Waals surface area contributed by atoms with E-state index in [1.807, 2.05) is 0 Å². The summed E-state index contributed by atoms with van der Waals surface area (Å²) in [5.74, 6) is -0.173. The van der Waals surface area contributed by atoms with Gasteiger partial charge >= 0.3 is 0 Å². The van der Waals surface area contributed by atoms with Crippen LogP contribution in [-0.2, 0) is 4.74 Å². The highest BCUT2D eigenvalue weighted by atomic mass is 32.1. The molecule has 1 aliphatic rings. The average molecular weight is 213 g/mol. The summed E-state index contributed by atoms with van der Waals surface area (Å²) in [6, 6.07) is 0.116. The van der Waals surface area contributed by atoms with Gasteiger partial charge in [-0.05, 0) is 6.42 Å². The van der Waals surface area contributed by atoms with Gasteiger partial charge in [0.1, 0.15) is 5.69 Å². The van der Waals surface area contributed by atoms with Crippen LogP contribution in [0.5, 0.6) is 0 Å². The lowest BCUT2D eigenvalue weighted by atomic mass is 10.2. The molecule has 14 heavy (non-hydrogen) atoms. The molecule has 1 aromatic rings. The number of amides is 1. The van der Waals surface area contributed by atoms with Gasteiger partial charge in [0.05, 0.1) is 12.6 Å². The molecule has 2 rings (SSSR count). The minimum Gasteiger partial charge on any atom is -0.379 e. The van der Waals surface area contributed by atoms with Gasteiger partial charge in [0, 0.05) is 12.0 Å². The van der Waals surface area contributed by atoms with E-state index in [2.05, 4.69) is 10.3 Å². The molecule has 6 heteroatoms. The van der Waals surface area contributed by atoms with Crippen molar-refractivity contribution in [3.63, 3.8) is 0 Å². The number of nitrogens with one attached hydrogen (secondary N) is 1. The number of nitrogen functional groups attached to an aromatic ring is 1. The van der Waals surface area contributed by atoms with Gasteiger partial charge in [0.15, 0.2) is 5.13 Å². The molecule has 1 fully saturated rings. The Labute approximate surface area is 85.3 Å². The topological polar surface area (TPSA) is 77.2 Å².